The molecular weight excluding hydrogens is 735 g/mol. The van der Waals surface area contributed by atoms with E-state index in [1.807, 2.05) is 41.4 Å². The molecule has 1 atom stereocenters. The molecule has 5 amide bonds. The number of piperidine rings is 2. The van der Waals surface area contributed by atoms with Gasteiger partial charge in [-0.15, -0.1) is 0 Å². The molecule has 300 valence electrons. The first kappa shape index (κ1) is 37.7. The summed E-state index contributed by atoms with van der Waals surface area (Å²) < 4.78 is 0. The summed E-state index contributed by atoms with van der Waals surface area (Å²) in [7, 11) is 0. The Balaban J connectivity index is 0.749. The van der Waals surface area contributed by atoms with Crippen LogP contribution in [-0.2, 0) is 14.4 Å². The molecular formula is C44H49N9O5. The van der Waals surface area contributed by atoms with Gasteiger partial charge in [0.05, 0.1) is 16.6 Å². The number of carbonyl (C=O) groups excluding carboxylic acids is 5. The summed E-state index contributed by atoms with van der Waals surface area (Å²) in [6.07, 6.45) is 7.79. The first-order chi connectivity index (χ1) is 28.2. The number of benzene rings is 3. The predicted molar refractivity (Wildman–Crippen MR) is 221 cm³/mol. The SMILES string of the molecule is CC(=O)N(c1ccc(N2CCN(C3CCN(c4ccc5c(c4)C(=O)N(C4CCC(=O)NC4=O)C5=O)CC3)CC2)cc1)C1CCC(Nc2ncc3ccccc3n2)CC1. The standard InChI is InChI=1S/C44H49N9O5/c1-28(54)52(33-8-6-30(7-9-33)46-44-45-27-29-4-2-3-5-38(29)47-44)34-12-10-31(11-13-34)50-22-24-51(25-23-50)32-18-20-49(21-19-32)35-14-15-36-37(26-35)43(58)53(42(36)57)39-16-17-40(55)48-41(39)56/h2-5,10-15,26-27,30,32-33,39H,6-9,16-25H2,1H3,(H,45,46,47)(H,48,55,56). The van der Waals surface area contributed by atoms with Crippen molar-refractivity contribution in [2.75, 3.05) is 59.3 Å². The van der Waals surface area contributed by atoms with Gasteiger partial charge >= 0.3 is 0 Å². The van der Waals surface area contributed by atoms with Gasteiger partial charge in [-0.1, -0.05) is 18.2 Å². The molecule has 1 saturated carbocycles. The van der Waals surface area contributed by atoms with E-state index in [0.717, 1.165) is 105 Å². The van der Waals surface area contributed by atoms with Crippen molar-refractivity contribution in [2.24, 2.45) is 0 Å². The number of aromatic nitrogens is 2. The lowest BCUT2D eigenvalue weighted by Crippen LogP contribution is -2.54. The molecule has 14 nitrogen and oxygen atoms in total. The van der Waals surface area contributed by atoms with E-state index in [1.54, 1.807) is 19.1 Å². The van der Waals surface area contributed by atoms with Crippen LogP contribution in [0.4, 0.5) is 23.0 Å². The molecule has 14 heteroatoms. The van der Waals surface area contributed by atoms with Crippen LogP contribution in [0, 0.1) is 0 Å². The van der Waals surface area contributed by atoms with Crippen LogP contribution in [0.3, 0.4) is 0 Å². The zero-order chi connectivity index (χ0) is 39.9. The van der Waals surface area contributed by atoms with Crippen molar-refractivity contribution in [3.63, 3.8) is 0 Å². The Kier molecular flexibility index (Phi) is 10.3. The summed E-state index contributed by atoms with van der Waals surface area (Å²) in [5, 5.41) is 6.80. The minimum atomic E-state index is -0.968. The van der Waals surface area contributed by atoms with Gasteiger partial charge in [0.15, 0.2) is 0 Å². The molecule has 0 spiro atoms. The maximum Gasteiger partial charge on any atom is 0.262 e. The van der Waals surface area contributed by atoms with Crippen molar-refractivity contribution in [2.45, 2.75) is 82.5 Å². The molecule has 0 radical (unpaired) electrons. The molecule has 3 aromatic carbocycles. The number of imide groups is 2. The largest absolute Gasteiger partial charge is 0.371 e. The fraction of sp³-hybridized carbons (Fsp3) is 0.432. The van der Waals surface area contributed by atoms with Crippen LogP contribution < -0.4 is 25.3 Å². The normalized spacial score (nSPS) is 23.3. The van der Waals surface area contributed by atoms with Gasteiger partial charge in [0.1, 0.15) is 6.04 Å². The molecule has 5 heterocycles. The van der Waals surface area contributed by atoms with Gasteiger partial charge in [-0.2, -0.15) is 0 Å². The van der Waals surface area contributed by atoms with Crippen molar-refractivity contribution >= 4 is 63.4 Å². The minimum Gasteiger partial charge on any atom is -0.371 e. The highest BCUT2D eigenvalue weighted by Gasteiger charge is 2.45. The maximum atomic E-state index is 13.4. The van der Waals surface area contributed by atoms with E-state index in [4.69, 9.17) is 0 Å². The summed E-state index contributed by atoms with van der Waals surface area (Å²) in [6, 6.07) is 21.8. The Labute approximate surface area is 337 Å². The van der Waals surface area contributed by atoms with Gasteiger partial charge in [-0.05, 0) is 93.5 Å². The second kappa shape index (κ2) is 15.8. The van der Waals surface area contributed by atoms with Gasteiger partial charge in [-0.3, -0.25) is 39.1 Å². The van der Waals surface area contributed by atoms with Crippen molar-refractivity contribution in [1.29, 1.82) is 0 Å². The predicted octanol–water partition coefficient (Wildman–Crippen LogP) is 4.60. The Morgan fingerprint density at radius 2 is 1.45 bits per heavy atom. The summed E-state index contributed by atoms with van der Waals surface area (Å²) in [6.45, 7) is 7.15. The van der Waals surface area contributed by atoms with Gasteiger partial charge in [0.25, 0.3) is 11.8 Å². The third-order valence-electron chi connectivity index (χ3n) is 12.8. The Morgan fingerprint density at radius 1 is 0.759 bits per heavy atom. The number of nitrogens with one attached hydrogen (secondary N) is 2. The number of fused-ring (bicyclic) bond motifs is 2. The van der Waals surface area contributed by atoms with Gasteiger partial charge in [0, 0.05) is 99.4 Å². The van der Waals surface area contributed by atoms with Crippen molar-refractivity contribution in [3.05, 3.63) is 84.1 Å². The average molecular weight is 784 g/mol. The van der Waals surface area contributed by atoms with Gasteiger partial charge in [0.2, 0.25) is 23.7 Å². The molecule has 4 aromatic rings. The lowest BCUT2D eigenvalue weighted by Gasteiger charge is -2.44. The van der Waals surface area contributed by atoms with Crippen LogP contribution in [-0.4, -0.2) is 113 Å². The van der Waals surface area contributed by atoms with Crippen molar-refractivity contribution in [3.8, 4) is 0 Å². The summed E-state index contributed by atoms with van der Waals surface area (Å²) in [5.41, 5.74) is 4.57. The number of piperazine rings is 1. The van der Waals surface area contributed by atoms with Crippen LogP contribution in [0.5, 0.6) is 0 Å². The third-order valence-corrected chi connectivity index (χ3v) is 12.8. The van der Waals surface area contributed by atoms with E-state index in [-0.39, 0.29) is 36.7 Å². The summed E-state index contributed by atoms with van der Waals surface area (Å²) in [5.74, 6) is -1.23. The maximum absolute atomic E-state index is 13.4. The molecule has 4 aliphatic heterocycles. The number of para-hydroxylation sites is 1. The molecule has 1 unspecified atom stereocenters. The van der Waals surface area contributed by atoms with Crippen LogP contribution in [0.15, 0.2) is 72.9 Å². The topological polar surface area (TPSA) is 151 Å². The second-order valence-electron chi connectivity index (χ2n) is 16.2. The molecule has 3 saturated heterocycles. The Hall–Kier alpha value is -5.89. The smallest absolute Gasteiger partial charge is 0.262 e. The number of rotatable bonds is 8. The fourth-order valence-electron chi connectivity index (χ4n) is 9.67. The van der Waals surface area contributed by atoms with Crippen LogP contribution in [0.2, 0.25) is 0 Å². The number of hydrogen-bond acceptors (Lipinski definition) is 11. The first-order valence-electron chi connectivity index (χ1n) is 20.7. The van der Waals surface area contributed by atoms with E-state index in [9.17, 15) is 24.0 Å². The zero-order valence-corrected chi connectivity index (χ0v) is 32.8. The first-order valence-corrected chi connectivity index (χ1v) is 20.7. The molecule has 2 N–H and O–H groups in total. The highest BCUT2D eigenvalue weighted by atomic mass is 16.2. The van der Waals surface area contributed by atoms with Crippen molar-refractivity contribution < 1.29 is 24.0 Å². The Bertz CT molecular complexity index is 2240. The Morgan fingerprint density at radius 3 is 2.17 bits per heavy atom. The summed E-state index contributed by atoms with van der Waals surface area (Å²) >= 11 is 0. The third kappa shape index (κ3) is 7.36. The highest BCUT2D eigenvalue weighted by molar-refractivity contribution is 6.23. The van der Waals surface area contributed by atoms with Crippen LogP contribution in [0.1, 0.15) is 79.0 Å². The summed E-state index contributed by atoms with van der Waals surface area (Å²) in [4.78, 5) is 83.1. The number of anilines is 4. The zero-order valence-electron chi connectivity index (χ0n) is 32.8. The van der Waals surface area contributed by atoms with Crippen LogP contribution in [0.25, 0.3) is 10.9 Å². The minimum absolute atomic E-state index is 0.0675. The number of hydrogen-bond donors (Lipinski definition) is 2. The lowest BCUT2D eigenvalue weighted by atomic mass is 9.89. The van der Waals surface area contributed by atoms with E-state index in [0.29, 0.717) is 23.1 Å². The highest BCUT2D eigenvalue weighted by Crippen LogP contribution is 2.34. The van der Waals surface area contributed by atoms with Gasteiger partial charge in [-0.25, -0.2) is 9.97 Å². The molecule has 58 heavy (non-hydrogen) atoms. The van der Waals surface area contributed by atoms with E-state index in [1.165, 1.54) is 5.69 Å². The molecule has 1 aromatic heterocycles. The van der Waals surface area contributed by atoms with Crippen LogP contribution >= 0.6 is 0 Å². The van der Waals surface area contributed by atoms with Crippen molar-refractivity contribution in [1.82, 2.24) is 25.1 Å². The number of nitrogens with zero attached hydrogens (tertiary/aromatic N) is 7. The molecule has 1 aliphatic carbocycles. The lowest BCUT2D eigenvalue weighted by molar-refractivity contribution is -0.136. The number of carbonyl (C=O) groups is 5. The molecule has 0 bridgehead atoms. The van der Waals surface area contributed by atoms with E-state index in [2.05, 4.69) is 59.6 Å². The van der Waals surface area contributed by atoms with Gasteiger partial charge < -0.3 is 20.0 Å². The fourth-order valence-corrected chi connectivity index (χ4v) is 9.67. The van der Waals surface area contributed by atoms with E-state index < -0.39 is 23.8 Å². The molecule has 4 fully saturated rings. The molecule has 5 aliphatic rings. The van der Waals surface area contributed by atoms with E-state index >= 15 is 0 Å². The number of amides is 5. The second-order valence-corrected chi connectivity index (χ2v) is 16.2. The average Bonchev–Trinajstić information content (AvgIpc) is 3.49. The monoisotopic (exact) mass is 783 g/mol. The quantitative estimate of drug-likeness (QED) is 0.242. The molecule has 9 rings (SSSR count).